The van der Waals surface area contributed by atoms with Gasteiger partial charge in [0.05, 0.1) is 5.60 Å². The maximum atomic E-state index is 10.4. The highest BCUT2D eigenvalue weighted by atomic mass is 16.3. The molecule has 0 spiro atoms. The molecule has 5 N–H and O–H groups in total. The van der Waals surface area contributed by atoms with Crippen molar-refractivity contribution < 1.29 is 5.11 Å². The van der Waals surface area contributed by atoms with Gasteiger partial charge in [-0.2, -0.15) is 0 Å². The van der Waals surface area contributed by atoms with Crippen LogP contribution in [0.25, 0.3) is 0 Å². The molecule has 1 unspecified atom stereocenters. The Hall–Kier alpha value is -1.40. The highest BCUT2D eigenvalue weighted by Gasteiger charge is 2.22. The fraction of sp³-hybridized carbons (Fsp3) is 0.733. The van der Waals surface area contributed by atoms with E-state index in [0.29, 0.717) is 24.1 Å². The summed E-state index contributed by atoms with van der Waals surface area (Å²) in [6.07, 6.45) is 0.725. The highest BCUT2D eigenvalue weighted by molar-refractivity contribution is 5.57. The molecule has 1 atom stereocenters. The van der Waals surface area contributed by atoms with Crippen LogP contribution in [0, 0.1) is 12.8 Å². The van der Waals surface area contributed by atoms with E-state index >= 15 is 0 Å². The van der Waals surface area contributed by atoms with Gasteiger partial charge in [-0.1, -0.05) is 27.7 Å². The average molecular weight is 295 g/mol. The molecule has 0 aromatic carbocycles. The Kier molecular flexibility index (Phi) is 5.92. The van der Waals surface area contributed by atoms with Crippen molar-refractivity contribution in [1.82, 2.24) is 9.97 Å². The number of aliphatic hydroxyl groups is 1. The first kappa shape index (κ1) is 17.7. The topological polar surface area (TPSA) is 96.1 Å². The Morgan fingerprint density at radius 3 is 2.24 bits per heavy atom. The third-order valence-corrected chi connectivity index (χ3v) is 3.30. The lowest BCUT2D eigenvalue weighted by Crippen LogP contribution is -2.35. The lowest BCUT2D eigenvalue weighted by Gasteiger charge is -2.26. The van der Waals surface area contributed by atoms with Gasteiger partial charge in [-0.3, -0.25) is 0 Å². The lowest BCUT2D eigenvalue weighted by atomic mass is 9.94. The third kappa shape index (κ3) is 5.13. The number of hydrogen-bond donors (Lipinski definition) is 4. The molecular weight excluding hydrogens is 266 g/mol. The van der Waals surface area contributed by atoms with Crippen molar-refractivity contribution >= 4 is 11.6 Å². The molecule has 0 aliphatic heterocycles. The second-order valence-electron chi connectivity index (χ2n) is 6.65. The van der Waals surface area contributed by atoms with Crippen molar-refractivity contribution in [3.63, 3.8) is 0 Å². The van der Waals surface area contributed by atoms with E-state index in [-0.39, 0.29) is 5.92 Å². The molecule has 1 rings (SSSR count). The molecule has 1 aromatic heterocycles. The first-order valence-electron chi connectivity index (χ1n) is 7.47. The molecule has 21 heavy (non-hydrogen) atoms. The second kappa shape index (κ2) is 7.04. The van der Waals surface area contributed by atoms with E-state index in [2.05, 4.69) is 34.6 Å². The summed E-state index contributed by atoms with van der Waals surface area (Å²) >= 11 is 0. The van der Waals surface area contributed by atoms with Gasteiger partial charge in [-0.05, 0) is 26.2 Å². The minimum Gasteiger partial charge on any atom is -0.388 e. The van der Waals surface area contributed by atoms with Crippen LogP contribution in [0.15, 0.2) is 0 Å². The summed E-state index contributed by atoms with van der Waals surface area (Å²) < 4.78 is 0. The molecule has 0 fully saturated rings. The number of nitrogens with zero attached hydrogens (tertiary/aromatic N) is 2. The molecule has 1 aromatic rings. The van der Waals surface area contributed by atoms with Crippen LogP contribution in [0.1, 0.15) is 58.3 Å². The van der Waals surface area contributed by atoms with E-state index in [0.717, 1.165) is 17.8 Å². The normalized spacial score (nSPS) is 14.4. The van der Waals surface area contributed by atoms with Crippen LogP contribution in [0.3, 0.4) is 0 Å². The Balaban J connectivity index is 2.94. The summed E-state index contributed by atoms with van der Waals surface area (Å²) in [5.41, 5.74) is 2.68. The largest absolute Gasteiger partial charge is 0.388 e. The van der Waals surface area contributed by atoms with Crippen molar-refractivity contribution in [3.05, 3.63) is 11.4 Å². The third-order valence-electron chi connectivity index (χ3n) is 3.30. The van der Waals surface area contributed by atoms with Gasteiger partial charge in [0, 0.05) is 18.0 Å². The van der Waals surface area contributed by atoms with Crippen LogP contribution >= 0.6 is 0 Å². The second-order valence-corrected chi connectivity index (χ2v) is 6.65. The van der Waals surface area contributed by atoms with Gasteiger partial charge >= 0.3 is 0 Å². The SMILES string of the molecule is Cc1c(NN)nc(C(C)C)nc1NCC(C)(O)CC(C)C. The number of nitrogens with one attached hydrogen (secondary N) is 2. The molecule has 0 bridgehead atoms. The van der Waals surface area contributed by atoms with Gasteiger partial charge in [0.2, 0.25) is 0 Å². The van der Waals surface area contributed by atoms with Crippen molar-refractivity contribution in [2.45, 2.75) is 59.5 Å². The first-order valence-corrected chi connectivity index (χ1v) is 7.47. The van der Waals surface area contributed by atoms with E-state index in [1.54, 1.807) is 0 Å². The van der Waals surface area contributed by atoms with Crippen LogP contribution in [0.4, 0.5) is 11.6 Å². The number of aromatic nitrogens is 2. The maximum Gasteiger partial charge on any atom is 0.148 e. The number of hydrogen-bond acceptors (Lipinski definition) is 6. The number of anilines is 2. The predicted octanol–water partition coefficient (Wildman–Crippen LogP) is 2.40. The van der Waals surface area contributed by atoms with Crippen molar-refractivity contribution in [3.8, 4) is 0 Å². The van der Waals surface area contributed by atoms with Gasteiger partial charge in [-0.15, -0.1) is 0 Å². The fourth-order valence-corrected chi connectivity index (χ4v) is 2.33. The van der Waals surface area contributed by atoms with Gasteiger partial charge in [-0.25, -0.2) is 15.8 Å². The molecule has 0 aliphatic rings. The zero-order valence-corrected chi connectivity index (χ0v) is 14.0. The summed E-state index contributed by atoms with van der Waals surface area (Å²) in [5.74, 6) is 8.20. The zero-order chi connectivity index (χ0) is 16.2. The van der Waals surface area contributed by atoms with Crippen LogP contribution in [0.5, 0.6) is 0 Å². The molecule has 120 valence electrons. The molecule has 1 heterocycles. The quantitative estimate of drug-likeness (QED) is 0.456. The summed E-state index contributed by atoms with van der Waals surface area (Å²) in [6.45, 7) is 12.4. The lowest BCUT2D eigenvalue weighted by molar-refractivity contribution is 0.0514. The van der Waals surface area contributed by atoms with Gasteiger partial charge in [0.25, 0.3) is 0 Å². The summed E-state index contributed by atoms with van der Waals surface area (Å²) in [6, 6.07) is 0. The van der Waals surface area contributed by atoms with Crippen LogP contribution in [-0.2, 0) is 0 Å². The Morgan fingerprint density at radius 1 is 1.19 bits per heavy atom. The molecule has 6 heteroatoms. The molecule has 0 amide bonds. The minimum atomic E-state index is -0.778. The monoisotopic (exact) mass is 295 g/mol. The van der Waals surface area contributed by atoms with Gasteiger partial charge < -0.3 is 15.8 Å². The molecule has 0 saturated carbocycles. The van der Waals surface area contributed by atoms with Crippen molar-refractivity contribution in [2.75, 3.05) is 17.3 Å². The van der Waals surface area contributed by atoms with E-state index in [1.807, 2.05) is 27.7 Å². The standard InChI is InChI=1S/C15H29N5O/c1-9(2)7-15(6,21)8-17-13-11(5)14(20-16)19-12(18-13)10(3)4/h9-10,21H,7-8,16H2,1-6H3,(H2,17,18,19,20). The van der Waals surface area contributed by atoms with Gasteiger partial charge in [0.15, 0.2) is 0 Å². The molecule has 0 aliphatic carbocycles. The molecule has 6 nitrogen and oxygen atoms in total. The van der Waals surface area contributed by atoms with Gasteiger partial charge in [0.1, 0.15) is 17.5 Å². The minimum absolute atomic E-state index is 0.203. The van der Waals surface area contributed by atoms with E-state index < -0.39 is 5.60 Å². The molecular formula is C15H29N5O. The number of nitrogen functional groups attached to an aromatic ring is 1. The van der Waals surface area contributed by atoms with Crippen LogP contribution in [0.2, 0.25) is 0 Å². The Labute approximate surface area is 127 Å². The number of rotatable bonds is 7. The highest BCUT2D eigenvalue weighted by Crippen LogP contribution is 2.24. The van der Waals surface area contributed by atoms with Crippen LogP contribution < -0.4 is 16.6 Å². The Morgan fingerprint density at radius 2 is 1.76 bits per heavy atom. The summed E-state index contributed by atoms with van der Waals surface area (Å²) in [7, 11) is 0. The number of nitrogens with two attached hydrogens (primary N) is 1. The Bertz CT molecular complexity index is 471. The molecule has 0 radical (unpaired) electrons. The van der Waals surface area contributed by atoms with Crippen LogP contribution in [-0.4, -0.2) is 27.2 Å². The van der Waals surface area contributed by atoms with E-state index in [1.165, 1.54) is 0 Å². The molecule has 0 saturated heterocycles. The average Bonchev–Trinajstić information content (AvgIpc) is 2.35. The maximum absolute atomic E-state index is 10.4. The fourth-order valence-electron chi connectivity index (χ4n) is 2.33. The smallest absolute Gasteiger partial charge is 0.148 e. The first-order chi connectivity index (χ1) is 9.66. The predicted molar refractivity (Wildman–Crippen MR) is 87.2 cm³/mol. The van der Waals surface area contributed by atoms with Crippen molar-refractivity contribution in [2.24, 2.45) is 11.8 Å². The van der Waals surface area contributed by atoms with E-state index in [9.17, 15) is 5.11 Å². The summed E-state index contributed by atoms with van der Waals surface area (Å²) in [4.78, 5) is 8.93. The summed E-state index contributed by atoms with van der Waals surface area (Å²) in [5, 5.41) is 13.6. The number of hydrazine groups is 1. The van der Waals surface area contributed by atoms with Crippen molar-refractivity contribution in [1.29, 1.82) is 0 Å². The van der Waals surface area contributed by atoms with E-state index in [4.69, 9.17) is 5.84 Å². The zero-order valence-electron chi connectivity index (χ0n) is 14.0.